The maximum atomic E-state index is 11.3. The van der Waals surface area contributed by atoms with E-state index in [0.29, 0.717) is 13.1 Å². The topological polar surface area (TPSA) is 49.4 Å². The molecule has 0 radical (unpaired) electrons. The summed E-state index contributed by atoms with van der Waals surface area (Å²) in [6.07, 6.45) is 1.80. The van der Waals surface area contributed by atoms with Crippen LogP contribution in [0.3, 0.4) is 0 Å². The van der Waals surface area contributed by atoms with Crippen molar-refractivity contribution in [1.82, 2.24) is 10.2 Å². The SMILES string of the molecule is CCNC(=O)CN1CCC(C(C)=O)CC1. The number of likely N-dealkylation sites (tertiary alicyclic amines) is 1. The van der Waals surface area contributed by atoms with E-state index in [1.165, 1.54) is 0 Å². The molecular weight excluding hydrogens is 192 g/mol. The van der Waals surface area contributed by atoms with Gasteiger partial charge < -0.3 is 5.32 Å². The summed E-state index contributed by atoms with van der Waals surface area (Å²) in [6, 6.07) is 0. The predicted molar refractivity (Wildman–Crippen MR) is 58.5 cm³/mol. The molecule has 0 bridgehead atoms. The van der Waals surface area contributed by atoms with E-state index in [0.717, 1.165) is 25.9 Å². The number of amides is 1. The van der Waals surface area contributed by atoms with Crippen molar-refractivity contribution >= 4 is 11.7 Å². The van der Waals surface area contributed by atoms with Gasteiger partial charge >= 0.3 is 0 Å². The normalized spacial score (nSPS) is 18.8. The highest BCUT2D eigenvalue weighted by molar-refractivity contribution is 5.79. The number of rotatable bonds is 4. The van der Waals surface area contributed by atoms with Gasteiger partial charge in [-0.2, -0.15) is 0 Å². The lowest BCUT2D eigenvalue weighted by Gasteiger charge is -2.30. The summed E-state index contributed by atoms with van der Waals surface area (Å²) in [7, 11) is 0. The Morgan fingerprint density at radius 3 is 2.40 bits per heavy atom. The van der Waals surface area contributed by atoms with Crippen molar-refractivity contribution < 1.29 is 9.59 Å². The van der Waals surface area contributed by atoms with E-state index in [1.807, 2.05) is 6.92 Å². The second kappa shape index (κ2) is 5.85. The van der Waals surface area contributed by atoms with Crippen LogP contribution in [0.15, 0.2) is 0 Å². The fourth-order valence-electron chi connectivity index (χ4n) is 1.95. The highest BCUT2D eigenvalue weighted by Gasteiger charge is 2.23. The quantitative estimate of drug-likeness (QED) is 0.735. The van der Waals surface area contributed by atoms with Gasteiger partial charge in [-0.3, -0.25) is 14.5 Å². The first-order valence-corrected chi connectivity index (χ1v) is 5.63. The van der Waals surface area contributed by atoms with Crippen LogP contribution in [0.1, 0.15) is 26.7 Å². The summed E-state index contributed by atoms with van der Waals surface area (Å²) >= 11 is 0. The van der Waals surface area contributed by atoms with E-state index < -0.39 is 0 Å². The Balaban J connectivity index is 2.25. The highest BCUT2D eigenvalue weighted by Crippen LogP contribution is 2.17. The van der Waals surface area contributed by atoms with Gasteiger partial charge in [0.05, 0.1) is 6.54 Å². The van der Waals surface area contributed by atoms with Crippen LogP contribution in [0.4, 0.5) is 0 Å². The maximum absolute atomic E-state index is 11.3. The van der Waals surface area contributed by atoms with E-state index in [-0.39, 0.29) is 17.6 Å². The molecule has 1 N–H and O–H groups in total. The third kappa shape index (κ3) is 4.00. The molecule has 0 aliphatic carbocycles. The molecule has 4 nitrogen and oxygen atoms in total. The van der Waals surface area contributed by atoms with Crippen molar-refractivity contribution in [1.29, 1.82) is 0 Å². The van der Waals surface area contributed by atoms with Gasteiger partial charge in [0, 0.05) is 12.5 Å². The lowest BCUT2D eigenvalue weighted by atomic mass is 9.93. The van der Waals surface area contributed by atoms with Crippen LogP contribution in [0.5, 0.6) is 0 Å². The molecule has 0 unspecified atom stereocenters. The molecule has 0 spiro atoms. The Labute approximate surface area is 91.0 Å². The van der Waals surface area contributed by atoms with Crippen LogP contribution in [0, 0.1) is 5.92 Å². The molecule has 0 aromatic rings. The molecule has 15 heavy (non-hydrogen) atoms. The largest absolute Gasteiger partial charge is 0.355 e. The highest BCUT2D eigenvalue weighted by atomic mass is 16.2. The number of nitrogens with one attached hydrogen (secondary N) is 1. The fourth-order valence-corrected chi connectivity index (χ4v) is 1.95. The van der Waals surface area contributed by atoms with Crippen molar-refractivity contribution in [2.75, 3.05) is 26.2 Å². The van der Waals surface area contributed by atoms with E-state index in [9.17, 15) is 9.59 Å². The van der Waals surface area contributed by atoms with Gasteiger partial charge in [-0.25, -0.2) is 0 Å². The molecule has 1 fully saturated rings. The molecule has 1 amide bonds. The van der Waals surface area contributed by atoms with Crippen LogP contribution in [-0.2, 0) is 9.59 Å². The fraction of sp³-hybridized carbons (Fsp3) is 0.818. The monoisotopic (exact) mass is 212 g/mol. The molecule has 0 saturated carbocycles. The Hall–Kier alpha value is -0.900. The molecule has 1 heterocycles. The molecule has 0 atom stereocenters. The first kappa shape index (κ1) is 12.2. The molecule has 1 rings (SSSR count). The van der Waals surface area contributed by atoms with Crippen molar-refractivity contribution in [2.24, 2.45) is 5.92 Å². The average Bonchev–Trinajstić information content (AvgIpc) is 2.18. The van der Waals surface area contributed by atoms with Crippen molar-refractivity contribution in [3.63, 3.8) is 0 Å². The van der Waals surface area contributed by atoms with E-state index in [2.05, 4.69) is 10.2 Å². The average molecular weight is 212 g/mol. The zero-order chi connectivity index (χ0) is 11.3. The van der Waals surface area contributed by atoms with Crippen molar-refractivity contribution in [3.05, 3.63) is 0 Å². The molecular formula is C11H20N2O2. The third-order valence-electron chi connectivity index (χ3n) is 2.90. The van der Waals surface area contributed by atoms with Crippen LogP contribution in [-0.4, -0.2) is 42.8 Å². The summed E-state index contributed by atoms with van der Waals surface area (Å²) in [5, 5.41) is 2.78. The smallest absolute Gasteiger partial charge is 0.234 e. The Morgan fingerprint density at radius 1 is 1.33 bits per heavy atom. The minimum absolute atomic E-state index is 0.0822. The third-order valence-corrected chi connectivity index (χ3v) is 2.90. The van der Waals surface area contributed by atoms with Gasteiger partial charge in [-0.05, 0) is 39.8 Å². The molecule has 1 aliphatic rings. The zero-order valence-electron chi connectivity index (χ0n) is 9.58. The number of carbonyl (C=O) groups excluding carboxylic acids is 2. The van der Waals surface area contributed by atoms with Gasteiger partial charge in [-0.1, -0.05) is 0 Å². The number of ketones is 1. The number of piperidine rings is 1. The Kier molecular flexibility index (Phi) is 4.75. The van der Waals surface area contributed by atoms with Gasteiger partial charge in [0.1, 0.15) is 5.78 Å². The minimum Gasteiger partial charge on any atom is -0.355 e. The second-order valence-electron chi connectivity index (χ2n) is 4.11. The number of hydrogen-bond acceptors (Lipinski definition) is 3. The Bertz CT molecular complexity index is 233. The first-order chi connectivity index (χ1) is 7.13. The zero-order valence-corrected chi connectivity index (χ0v) is 9.58. The van der Waals surface area contributed by atoms with Gasteiger partial charge in [0.25, 0.3) is 0 Å². The molecule has 0 aromatic carbocycles. The number of nitrogens with zero attached hydrogens (tertiary/aromatic N) is 1. The number of Topliss-reactive ketones (excluding diaryl/α,β-unsaturated/α-hetero) is 1. The van der Waals surface area contributed by atoms with Crippen LogP contribution < -0.4 is 5.32 Å². The second-order valence-corrected chi connectivity index (χ2v) is 4.11. The van der Waals surface area contributed by atoms with Crippen LogP contribution >= 0.6 is 0 Å². The molecule has 1 aliphatic heterocycles. The van der Waals surface area contributed by atoms with Gasteiger partial charge in [0.2, 0.25) is 5.91 Å². The lowest BCUT2D eigenvalue weighted by molar-refractivity contribution is -0.123. The van der Waals surface area contributed by atoms with E-state index in [4.69, 9.17) is 0 Å². The minimum atomic E-state index is 0.0822. The summed E-state index contributed by atoms with van der Waals surface area (Å²) < 4.78 is 0. The predicted octanol–water partition coefficient (Wildman–Crippen LogP) is 0.423. The number of likely N-dealkylation sites (N-methyl/N-ethyl adjacent to an activating group) is 1. The first-order valence-electron chi connectivity index (χ1n) is 5.63. The van der Waals surface area contributed by atoms with Crippen LogP contribution in [0.2, 0.25) is 0 Å². The Morgan fingerprint density at radius 2 is 1.93 bits per heavy atom. The molecule has 1 saturated heterocycles. The molecule has 86 valence electrons. The lowest BCUT2D eigenvalue weighted by Crippen LogP contribution is -2.42. The van der Waals surface area contributed by atoms with Crippen molar-refractivity contribution in [3.8, 4) is 0 Å². The van der Waals surface area contributed by atoms with Gasteiger partial charge in [-0.15, -0.1) is 0 Å². The van der Waals surface area contributed by atoms with E-state index >= 15 is 0 Å². The molecule has 0 aromatic heterocycles. The summed E-state index contributed by atoms with van der Waals surface area (Å²) in [5.74, 6) is 0.585. The van der Waals surface area contributed by atoms with E-state index in [1.54, 1.807) is 6.92 Å². The van der Waals surface area contributed by atoms with Gasteiger partial charge in [0.15, 0.2) is 0 Å². The summed E-state index contributed by atoms with van der Waals surface area (Å²) in [6.45, 7) is 6.45. The van der Waals surface area contributed by atoms with Crippen molar-refractivity contribution in [2.45, 2.75) is 26.7 Å². The van der Waals surface area contributed by atoms with Crippen LogP contribution in [0.25, 0.3) is 0 Å². The number of hydrogen-bond donors (Lipinski definition) is 1. The summed E-state index contributed by atoms with van der Waals surface area (Å²) in [5.41, 5.74) is 0. The maximum Gasteiger partial charge on any atom is 0.234 e. The standard InChI is InChI=1S/C11H20N2O2/c1-3-12-11(15)8-13-6-4-10(5-7-13)9(2)14/h10H,3-8H2,1-2H3,(H,12,15). The molecule has 4 heteroatoms. The number of carbonyl (C=O) groups is 2. The summed E-state index contributed by atoms with van der Waals surface area (Å²) in [4.78, 5) is 24.6.